The van der Waals surface area contributed by atoms with Gasteiger partial charge in [-0.25, -0.2) is 9.59 Å². The van der Waals surface area contributed by atoms with Crippen molar-refractivity contribution in [2.24, 2.45) is 0 Å². The molecule has 1 aliphatic heterocycles. The quantitative estimate of drug-likeness (QED) is 0.680. The minimum atomic E-state index is -1.18. The molecule has 0 radical (unpaired) electrons. The summed E-state index contributed by atoms with van der Waals surface area (Å²) in [5.74, 6) is -1.000. The average Bonchev–Trinajstić information content (AvgIpc) is 2.29. The molecule has 1 saturated heterocycles. The van der Waals surface area contributed by atoms with Gasteiger partial charge in [-0.05, 0) is 13.3 Å². The molecule has 0 aliphatic carbocycles. The minimum Gasteiger partial charge on any atom is -0.480 e. The molecule has 0 aromatic carbocycles. The highest BCUT2D eigenvalue weighted by Crippen LogP contribution is 2.20. The number of hydrogen-bond donors (Lipinski definition) is 3. The lowest BCUT2D eigenvalue weighted by atomic mass is 9.90. The summed E-state index contributed by atoms with van der Waals surface area (Å²) in [6.07, 6.45) is 1.41. The first-order valence-electron chi connectivity index (χ1n) is 5.90. The van der Waals surface area contributed by atoms with Crippen molar-refractivity contribution in [1.29, 1.82) is 0 Å². The fraction of sp³-hybridized carbons (Fsp3) is 0.818. The molecule has 0 aromatic heterocycles. The van der Waals surface area contributed by atoms with E-state index in [2.05, 4.69) is 10.6 Å². The summed E-state index contributed by atoms with van der Waals surface area (Å²) in [5.41, 5.74) is -1.18. The third kappa shape index (κ3) is 3.59. The highest BCUT2D eigenvalue weighted by molar-refractivity contribution is 5.86. The molecule has 6 heteroatoms. The van der Waals surface area contributed by atoms with Crippen LogP contribution in [0, 0.1) is 0 Å². The summed E-state index contributed by atoms with van der Waals surface area (Å²) >= 11 is 0. The molecule has 6 nitrogen and oxygen atoms in total. The molecule has 98 valence electrons. The van der Waals surface area contributed by atoms with Gasteiger partial charge >= 0.3 is 12.0 Å². The Kier molecular flexibility index (Phi) is 4.74. The molecular weight excluding hydrogens is 224 g/mol. The number of aliphatic carboxylic acids is 1. The molecule has 1 atom stereocenters. The van der Waals surface area contributed by atoms with Crippen LogP contribution in [0.4, 0.5) is 4.79 Å². The van der Waals surface area contributed by atoms with Crippen molar-refractivity contribution in [2.75, 3.05) is 13.2 Å². The predicted octanol–water partition coefficient (Wildman–Crippen LogP) is 0.718. The monoisotopic (exact) mass is 244 g/mol. The number of rotatable bonds is 4. The van der Waals surface area contributed by atoms with E-state index in [0.29, 0.717) is 26.1 Å². The van der Waals surface area contributed by atoms with Gasteiger partial charge in [-0.15, -0.1) is 0 Å². The van der Waals surface area contributed by atoms with Gasteiger partial charge in [0.2, 0.25) is 0 Å². The number of amides is 2. The van der Waals surface area contributed by atoms with Crippen molar-refractivity contribution in [2.45, 2.75) is 44.7 Å². The maximum Gasteiger partial charge on any atom is 0.329 e. The SMILES string of the molecule is CCC(C)NC(=O)NC1(C(=O)O)CCOCC1. The lowest BCUT2D eigenvalue weighted by Gasteiger charge is -2.34. The maximum absolute atomic E-state index is 11.7. The van der Waals surface area contributed by atoms with Crippen LogP contribution >= 0.6 is 0 Å². The molecule has 3 N–H and O–H groups in total. The second-order valence-electron chi connectivity index (χ2n) is 4.41. The predicted molar refractivity (Wildman–Crippen MR) is 61.8 cm³/mol. The second kappa shape index (κ2) is 5.86. The first kappa shape index (κ1) is 13.8. The molecule has 1 fully saturated rings. The standard InChI is InChI=1S/C11H20N2O4/c1-3-8(2)12-10(16)13-11(9(14)15)4-6-17-7-5-11/h8H,3-7H2,1-2H3,(H,14,15)(H2,12,13,16). The molecular formula is C11H20N2O4. The van der Waals surface area contributed by atoms with E-state index in [4.69, 9.17) is 4.74 Å². The number of carboxylic acids is 1. The summed E-state index contributed by atoms with van der Waals surface area (Å²) in [7, 11) is 0. The molecule has 0 saturated carbocycles. The Morgan fingerprint density at radius 2 is 2.00 bits per heavy atom. The van der Waals surface area contributed by atoms with Crippen molar-refractivity contribution in [1.82, 2.24) is 10.6 Å². The van der Waals surface area contributed by atoms with Gasteiger partial charge in [0, 0.05) is 32.1 Å². The van der Waals surface area contributed by atoms with Crippen LogP contribution in [0.25, 0.3) is 0 Å². The molecule has 1 unspecified atom stereocenters. The summed E-state index contributed by atoms with van der Waals surface area (Å²) in [6, 6.07) is -0.399. The zero-order chi connectivity index (χ0) is 12.9. The fourth-order valence-electron chi connectivity index (χ4n) is 1.69. The van der Waals surface area contributed by atoms with E-state index < -0.39 is 17.5 Å². The van der Waals surface area contributed by atoms with Crippen LogP contribution in [0.5, 0.6) is 0 Å². The van der Waals surface area contributed by atoms with Crippen molar-refractivity contribution < 1.29 is 19.4 Å². The van der Waals surface area contributed by atoms with Crippen molar-refractivity contribution >= 4 is 12.0 Å². The molecule has 1 aliphatic rings. The van der Waals surface area contributed by atoms with Crippen LogP contribution in [0.3, 0.4) is 0 Å². The van der Waals surface area contributed by atoms with E-state index in [-0.39, 0.29) is 6.04 Å². The average molecular weight is 244 g/mol. The fourth-order valence-corrected chi connectivity index (χ4v) is 1.69. The van der Waals surface area contributed by atoms with Gasteiger partial charge in [0.25, 0.3) is 0 Å². The number of carbonyl (C=O) groups excluding carboxylic acids is 1. The Bertz CT molecular complexity index is 287. The van der Waals surface area contributed by atoms with Crippen molar-refractivity contribution in [3.05, 3.63) is 0 Å². The normalized spacial score (nSPS) is 20.4. The summed E-state index contributed by atoms with van der Waals surface area (Å²) in [6.45, 7) is 4.54. The largest absolute Gasteiger partial charge is 0.480 e. The van der Waals surface area contributed by atoms with Gasteiger partial charge in [-0.1, -0.05) is 6.92 Å². The van der Waals surface area contributed by atoms with Gasteiger partial charge < -0.3 is 20.5 Å². The van der Waals surface area contributed by atoms with Crippen molar-refractivity contribution in [3.63, 3.8) is 0 Å². The third-order valence-electron chi connectivity index (χ3n) is 3.10. The van der Waals surface area contributed by atoms with E-state index in [1.54, 1.807) is 0 Å². The number of carbonyl (C=O) groups is 2. The Balaban J connectivity index is 2.60. The van der Waals surface area contributed by atoms with E-state index in [1.165, 1.54) is 0 Å². The lowest BCUT2D eigenvalue weighted by Crippen LogP contribution is -2.60. The van der Waals surface area contributed by atoms with Gasteiger partial charge in [0.05, 0.1) is 0 Å². The maximum atomic E-state index is 11.7. The van der Waals surface area contributed by atoms with Crippen LogP contribution < -0.4 is 10.6 Å². The first-order chi connectivity index (χ1) is 8.00. The minimum absolute atomic E-state index is 0.0284. The lowest BCUT2D eigenvalue weighted by molar-refractivity contribution is -0.148. The molecule has 0 aromatic rings. The molecule has 2 amide bonds. The van der Waals surface area contributed by atoms with Crippen LogP contribution in [-0.2, 0) is 9.53 Å². The Morgan fingerprint density at radius 3 is 2.47 bits per heavy atom. The highest BCUT2D eigenvalue weighted by Gasteiger charge is 2.41. The molecule has 0 bridgehead atoms. The van der Waals surface area contributed by atoms with Crippen LogP contribution in [-0.4, -0.2) is 41.9 Å². The van der Waals surface area contributed by atoms with E-state index in [1.807, 2.05) is 13.8 Å². The molecule has 17 heavy (non-hydrogen) atoms. The summed E-state index contributed by atoms with van der Waals surface area (Å²) in [5, 5.41) is 14.5. The topological polar surface area (TPSA) is 87.7 Å². The van der Waals surface area contributed by atoms with E-state index in [9.17, 15) is 14.7 Å². The Labute approximate surface area is 101 Å². The van der Waals surface area contributed by atoms with Crippen LogP contribution in [0.1, 0.15) is 33.1 Å². The highest BCUT2D eigenvalue weighted by atomic mass is 16.5. The smallest absolute Gasteiger partial charge is 0.329 e. The van der Waals surface area contributed by atoms with Gasteiger partial charge in [-0.2, -0.15) is 0 Å². The van der Waals surface area contributed by atoms with Gasteiger partial charge in [0.15, 0.2) is 0 Å². The number of urea groups is 1. The zero-order valence-corrected chi connectivity index (χ0v) is 10.3. The number of ether oxygens (including phenoxy) is 1. The van der Waals surface area contributed by atoms with E-state index in [0.717, 1.165) is 6.42 Å². The number of hydrogen-bond acceptors (Lipinski definition) is 3. The second-order valence-corrected chi connectivity index (χ2v) is 4.41. The van der Waals surface area contributed by atoms with E-state index >= 15 is 0 Å². The van der Waals surface area contributed by atoms with Crippen molar-refractivity contribution in [3.8, 4) is 0 Å². The number of nitrogens with one attached hydrogen (secondary N) is 2. The zero-order valence-electron chi connectivity index (χ0n) is 10.3. The van der Waals surface area contributed by atoms with Gasteiger partial charge in [0.1, 0.15) is 5.54 Å². The van der Waals surface area contributed by atoms with Gasteiger partial charge in [-0.3, -0.25) is 0 Å². The molecule has 0 spiro atoms. The number of carboxylic acid groups (broad SMARTS) is 1. The van der Waals surface area contributed by atoms with Crippen LogP contribution in [0.2, 0.25) is 0 Å². The first-order valence-corrected chi connectivity index (χ1v) is 5.90. The summed E-state index contributed by atoms with van der Waals surface area (Å²) in [4.78, 5) is 22.9. The Morgan fingerprint density at radius 1 is 1.41 bits per heavy atom. The molecule has 1 rings (SSSR count). The molecule has 1 heterocycles. The Hall–Kier alpha value is -1.30. The third-order valence-corrected chi connectivity index (χ3v) is 3.10. The summed E-state index contributed by atoms with van der Waals surface area (Å²) < 4.78 is 5.12. The van der Waals surface area contributed by atoms with Crippen LogP contribution in [0.15, 0.2) is 0 Å².